The number of nitrogens with zero attached hydrogens (tertiary/aromatic N) is 2. The van der Waals surface area contributed by atoms with Crippen LogP contribution in [0.5, 0.6) is 0 Å². The topological polar surface area (TPSA) is 98.0 Å². The van der Waals surface area contributed by atoms with Crippen molar-refractivity contribution in [1.29, 1.82) is 0 Å². The molecule has 0 saturated carbocycles. The number of aromatic nitrogens is 2. The number of nitrogen functional groups attached to an aromatic ring is 1. The van der Waals surface area contributed by atoms with Gasteiger partial charge in [0.15, 0.2) is 0 Å². The fourth-order valence-electron chi connectivity index (χ4n) is 1.12. The lowest BCUT2D eigenvalue weighted by molar-refractivity contribution is 0.599. The summed E-state index contributed by atoms with van der Waals surface area (Å²) in [7, 11) is -3.92. The van der Waals surface area contributed by atoms with Gasteiger partial charge in [-0.05, 0) is 12.1 Å². The quantitative estimate of drug-likeness (QED) is 0.821. The van der Waals surface area contributed by atoms with Crippen LogP contribution in [0.1, 0.15) is 0 Å². The average Bonchev–Trinajstić information content (AvgIpc) is 2.73. The van der Waals surface area contributed by atoms with Crippen molar-refractivity contribution in [2.75, 3.05) is 10.5 Å². The normalized spacial score (nSPS) is 11.5. The molecule has 6 nitrogen and oxygen atoms in total. The van der Waals surface area contributed by atoms with Gasteiger partial charge in [-0.3, -0.25) is 4.72 Å². The van der Waals surface area contributed by atoms with Crippen LogP contribution >= 0.6 is 46.1 Å². The maximum Gasteiger partial charge on any atom is 0.291 e. The van der Waals surface area contributed by atoms with Gasteiger partial charge in [-0.1, -0.05) is 46.1 Å². The molecular formula is C8H5Cl3N4O2S2. The zero-order chi connectivity index (χ0) is 14.2. The second-order valence-corrected chi connectivity index (χ2v) is 7.34. The number of hydrogen-bond donors (Lipinski definition) is 2. The molecule has 102 valence electrons. The summed E-state index contributed by atoms with van der Waals surface area (Å²) in [5.41, 5.74) is 5.42. The van der Waals surface area contributed by atoms with Gasteiger partial charge in [-0.15, -0.1) is 10.2 Å². The minimum atomic E-state index is -3.92. The van der Waals surface area contributed by atoms with Crippen LogP contribution in [0.25, 0.3) is 0 Å². The predicted octanol–water partition coefficient (Wildman–Crippen LogP) is 2.88. The molecule has 2 rings (SSSR count). The maximum atomic E-state index is 12.0. The molecule has 0 amide bonds. The van der Waals surface area contributed by atoms with E-state index in [1.54, 1.807) is 0 Å². The van der Waals surface area contributed by atoms with E-state index in [-0.39, 0.29) is 30.2 Å². The fourth-order valence-corrected chi connectivity index (χ4v) is 3.62. The summed E-state index contributed by atoms with van der Waals surface area (Å²) < 4.78 is 25.9. The summed E-state index contributed by atoms with van der Waals surface area (Å²) in [6, 6.07) is 2.63. The number of benzene rings is 1. The third kappa shape index (κ3) is 3.21. The zero-order valence-corrected chi connectivity index (χ0v) is 12.8. The maximum absolute atomic E-state index is 12.0. The van der Waals surface area contributed by atoms with E-state index >= 15 is 0 Å². The van der Waals surface area contributed by atoms with E-state index in [1.807, 2.05) is 0 Å². The summed E-state index contributed by atoms with van der Waals surface area (Å²) in [6.07, 6.45) is 0. The molecule has 0 atom stereocenters. The average molecular weight is 360 g/mol. The summed E-state index contributed by atoms with van der Waals surface area (Å²) in [5, 5.41) is 7.40. The van der Waals surface area contributed by atoms with Crippen molar-refractivity contribution in [3.63, 3.8) is 0 Å². The van der Waals surface area contributed by atoms with Gasteiger partial charge in [0.1, 0.15) is 0 Å². The number of nitrogens with two attached hydrogens (primary N) is 1. The van der Waals surface area contributed by atoms with Gasteiger partial charge in [0, 0.05) is 0 Å². The van der Waals surface area contributed by atoms with E-state index in [1.165, 1.54) is 12.1 Å². The van der Waals surface area contributed by atoms with E-state index in [4.69, 9.17) is 40.5 Å². The molecule has 0 spiro atoms. The van der Waals surface area contributed by atoms with Crippen molar-refractivity contribution in [2.24, 2.45) is 0 Å². The van der Waals surface area contributed by atoms with Crippen molar-refractivity contribution < 1.29 is 8.42 Å². The number of nitrogens with one attached hydrogen (secondary N) is 1. The van der Waals surface area contributed by atoms with Crippen LogP contribution in [0, 0.1) is 0 Å². The molecule has 11 heteroatoms. The van der Waals surface area contributed by atoms with Crippen molar-refractivity contribution in [3.05, 3.63) is 27.2 Å². The highest BCUT2D eigenvalue weighted by Gasteiger charge is 2.21. The summed E-state index contributed by atoms with van der Waals surface area (Å²) in [6.45, 7) is 0. The molecule has 2 aromatic rings. The Hall–Kier alpha value is -0.800. The molecule has 0 bridgehead atoms. The number of hydrogen-bond acceptors (Lipinski definition) is 6. The SMILES string of the molecule is Nc1nnc(S(=O)(=O)Nc2cc(Cl)c(Cl)cc2Cl)s1. The number of sulfonamides is 1. The first kappa shape index (κ1) is 14.6. The first-order chi connectivity index (χ1) is 8.79. The van der Waals surface area contributed by atoms with E-state index in [2.05, 4.69) is 14.9 Å². The van der Waals surface area contributed by atoms with Gasteiger partial charge in [-0.25, -0.2) is 0 Å². The Bertz CT molecular complexity index is 732. The third-order valence-electron chi connectivity index (χ3n) is 1.91. The van der Waals surface area contributed by atoms with Crippen LogP contribution < -0.4 is 10.5 Å². The standard InChI is InChI=1S/C8H5Cl3N4O2S2/c9-3-1-5(11)6(2-4(3)10)15-19(16,17)8-14-13-7(12)18-8/h1-2,15H,(H2,12,13). The van der Waals surface area contributed by atoms with E-state index < -0.39 is 10.0 Å². The van der Waals surface area contributed by atoms with Gasteiger partial charge in [0.05, 0.1) is 20.8 Å². The Balaban J connectivity index is 2.38. The zero-order valence-electron chi connectivity index (χ0n) is 8.89. The van der Waals surface area contributed by atoms with Gasteiger partial charge in [-0.2, -0.15) is 8.42 Å². The molecule has 0 radical (unpaired) electrons. The van der Waals surface area contributed by atoms with E-state index in [0.29, 0.717) is 0 Å². The van der Waals surface area contributed by atoms with Crippen molar-refractivity contribution in [2.45, 2.75) is 4.34 Å². The van der Waals surface area contributed by atoms with Crippen molar-refractivity contribution >= 4 is 67.0 Å². The molecule has 0 aliphatic rings. The summed E-state index contributed by atoms with van der Waals surface area (Å²) in [4.78, 5) is 0. The Morgan fingerprint density at radius 2 is 1.74 bits per heavy atom. The first-order valence-electron chi connectivity index (χ1n) is 4.56. The van der Waals surface area contributed by atoms with Crippen LogP contribution in [0.2, 0.25) is 15.1 Å². The second kappa shape index (κ2) is 5.29. The molecular weight excluding hydrogens is 355 g/mol. The Kier molecular flexibility index (Phi) is 4.07. The van der Waals surface area contributed by atoms with Gasteiger partial charge < -0.3 is 5.73 Å². The van der Waals surface area contributed by atoms with Crippen LogP contribution in [-0.4, -0.2) is 18.6 Å². The molecule has 1 heterocycles. The molecule has 0 aliphatic carbocycles. The molecule has 0 unspecified atom stereocenters. The lowest BCUT2D eigenvalue weighted by Gasteiger charge is -2.08. The Labute approximate surface area is 127 Å². The van der Waals surface area contributed by atoms with Crippen LogP contribution in [-0.2, 0) is 10.0 Å². The Morgan fingerprint density at radius 3 is 2.32 bits per heavy atom. The number of rotatable bonds is 3. The highest BCUT2D eigenvalue weighted by Crippen LogP contribution is 2.33. The third-order valence-corrected chi connectivity index (χ3v) is 5.43. The van der Waals surface area contributed by atoms with Crippen LogP contribution in [0.15, 0.2) is 16.5 Å². The molecule has 0 aliphatic heterocycles. The highest BCUT2D eigenvalue weighted by atomic mass is 35.5. The fraction of sp³-hybridized carbons (Fsp3) is 0. The van der Waals surface area contributed by atoms with E-state index in [9.17, 15) is 8.42 Å². The highest BCUT2D eigenvalue weighted by molar-refractivity contribution is 7.94. The van der Waals surface area contributed by atoms with Gasteiger partial charge >= 0.3 is 0 Å². The molecule has 19 heavy (non-hydrogen) atoms. The monoisotopic (exact) mass is 358 g/mol. The second-order valence-electron chi connectivity index (χ2n) is 3.26. The van der Waals surface area contributed by atoms with Crippen LogP contribution in [0.4, 0.5) is 10.8 Å². The molecule has 0 fully saturated rings. The van der Waals surface area contributed by atoms with Gasteiger partial charge in [0.25, 0.3) is 14.4 Å². The lowest BCUT2D eigenvalue weighted by Crippen LogP contribution is -2.13. The van der Waals surface area contributed by atoms with Crippen molar-refractivity contribution in [3.8, 4) is 0 Å². The minimum absolute atomic E-state index is 0.0422. The van der Waals surface area contributed by atoms with Gasteiger partial charge in [0.2, 0.25) is 5.13 Å². The molecule has 1 aromatic heterocycles. The predicted molar refractivity (Wildman–Crippen MR) is 76.6 cm³/mol. The molecule has 1 aromatic carbocycles. The molecule has 0 saturated heterocycles. The summed E-state index contributed by atoms with van der Waals surface area (Å²) >= 11 is 18.1. The Morgan fingerprint density at radius 1 is 1.11 bits per heavy atom. The minimum Gasteiger partial charge on any atom is -0.374 e. The number of halogens is 3. The lowest BCUT2D eigenvalue weighted by atomic mass is 10.3. The van der Waals surface area contributed by atoms with Crippen molar-refractivity contribution in [1.82, 2.24) is 10.2 Å². The number of anilines is 2. The molecule has 3 N–H and O–H groups in total. The largest absolute Gasteiger partial charge is 0.374 e. The van der Waals surface area contributed by atoms with E-state index in [0.717, 1.165) is 11.3 Å². The van der Waals surface area contributed by atoms with Crippen LogP contribution in [0.3, 0.4) is 0 Å². The first-order valence-corrected chi connectivity index (χ1v) is 7.99. The summed E-state index contributed by atoms with van der Waals surface area (Å²) in [5.74, 6) is 0. The smallest absolute Gasteiger partial charge is 0.291 e.